The van der Waals surface area contributed by atoms with E-state index in [4.69, 9.17) is 14.2 Å². The molecule has 1 N–H and O–H groups in total. The smallest absolute Gasteiger partial charge is 0.355 e. The summed E-state index contributed by atoms with van der Waals surface area (Å²) in [5, 5.41) is 2.86. The van der Waals surface area contributed by atoms with E-state index in [1.165, 1.54) is 19.1 Å². The van der Waals surface area contributed by atoms with Gasteiger partial charge in [-0.3, -0.25) is 4.79 Å². The number of nitrogens with one attached hydrogen (secondary N) is 1. The first-order valence-electron chi connectivity index (χ1n) is 9.22. The minimum Gasteiger partial charge on any atom is -0.466 e. The van der Waals surface area contributed by atoms with Gasteiger partial charge in [-0.05, 0) is 29.8 Å². The van der Waals surface area contributed by atoms with Crippen LogP contribution in [-0.2, 0) is 30.3 Å². The van der Waals surface area contributed by atoms with E-state index in [-0.39, 0.29) is 30.5 Å². The van der Waals surface area contributed by atoms with Crippen LogP contribution in [0.15, 0.2) is 65.9 Å². The molecule has 0 aromatic heterocycles. The van der Waals surface area contributed by atoms with Gasteiger partial charge in [0.05, 0.1) is 26.4 Å². The van der Waals surface area contributed by atoms with Crippen LogP contribution in [0.3, 0.4) is 0 Å². The predicted octanol–water partition coefficient (Wildman–Crippen LogP) is 2.01. The molecule has 8 heteroatoms. The number of rotatable bonds is 6. The van der Waals surface area contributed by atoms with E-state index >= 15 is 0 Å². The second-order valence-corrected chi connectivity index (χ2v) is 6.43. The van der Waals surface area contributed by atoms with Crippen LogP contribution >= 0.6 is 0 Å². The SMILES string of the molecule is COC(=O)C1=C(C(=O)OC)N(c2ccc(C(=O)NCc3ccccc3)cc2)COC1. The van der Waals surface area contributed by atoms with E-state index in [0.717, 1.165) is 5.56 Å². The van der Waals surface area contributed by atoms with Crippen LogP contribution in [0.1, 0.15) is 15.9 Å². The Morgan fingerprint density at radius 3 is 2.27 bits per heavy atom. The molecule has 0 atom stereocenters. The standard InChI is InChI=1S/C22H22N2O6/c1-28-21(26)18-13-30-14-24(19(18)22(27)29-2)17-10-8-16(9-11-17)20(25)23-12-15-6-4-3-5-7-15/h3-11H,12-14H2,1-2H3,(H,23,25). The monoisotopic (exact) mass is 410 g/mol. The first-order chi connectivity index (χ1) is 14.5. The fraction of sp³-hybridized carbons (Fsp3) is 0.227. The lowest BCUT2D eigenvalue weighted by Gasteiger charge is -2.31. The molecule has 2 aromatic rings. The fourth-order valence-electron chi connectivity index (χ4n) is 3.02. The normalized spacial score (nSPS) is 13.6. The molecule has 0 saturated carbocycles. The van der Waals surface area contributed by atoms with Crippen LogP contribution in [0.5, 0.6) is 0 Å². The highest BCUT2D eigenvalue weighted by Crippen LogP contribution is 2.27. The quantitative estimate of drug-likeness (QED) is 0.728. The molecule has 0 saturated heterocycles. The number of anilines is 1. The van der Waals surface area contributed by atoms with E-state index in [1.807, 2.05) is 30.3 Å². The molecule has 0 bridgehead atoms. The molecule has 0 radical (unpaired) electrons. The number of benzene rings is 2. The van der Waals surface area contributed by atoms with Gasteiger partial charge in [-0.15, -0.1) is 0 Å². The van der Waals surface area contributed by atoms with E-state index in [1.54, 1.807) is 24.3 Å². The number of ether oxygens (including phenoxy) is 3. The van der Waals surface area contributed by atoms with Crippen LogP contribution < -0.4 is 10.2 Å². The summed E-state index contributed by atoms with van der Waals surface area (Å²) in [5.74, 6) is -1.57. The van der Waals surface area contributed by atoms with Gasteiger partial charge >= 0.3 is 11.9 Å². The molecule has 1 heterocycles. The molecule has 2 aromatic carbocycles. The third-order valence-corrected chi connectivity index (χ3v) is 4.57. The van der Waals surface area contributed by atoms with Gasteiger partial charge in [0.25, 0.3) is 5.91 Å². The summed E-state index contributed by atoms with van der Waals surface area (Å²) in [4.78, 5) is 38.3. The molecule has 1 aliphatic heterocycles. The number of esters is 2. The molecule has 1 aliphatic rings. The summed E-state index contributed by atoms with van der Waals surface area (Å²) in [5.41, 5.74) is 2.15. The molecular formula is C22H22N2O6. The fourth-order valence-corrected chi connectivity index (χ4v) is 3.02. The molecular weight excluding hydrogens is 388 g/mol. The molecule has 156 valence electrons. The maximum Gasteiger partial charge on any atom is 0.355 e. The highest BCUT2D eigenvalue weighted by atomic mass is 16.5. The van der Waals surface area contributed by atoms with E-state index in [9.17, 15) is 14.4 Å². The number of methoxy groups -OCH3 is 2. The van der Waals surface area contributed by atoms with Crippen molar-refractivity contribution in [3.8, 4) is 0 Å². The molecule has 0 fully saturated rings. The second kappa shape index (κ2) is 9.71. The van der Waals surface area contributed by atoms with Gasteiger partial charge in [-0.25, -0.2) is 9.59 Å². The summed E-state index contributed by atoms with van der Waals surface area (Å²) in [6, 6.07) is 16.2. The first kappa shape index (κ1) is 21.1. The zero-order valence-corrected chi connectivity index (χ0v) is 16.7. The van der Waals surface area contributed by atoms with Gasteiger partial charge in [0, 0.05) is 17.8 Å². The van der Waals surface area contributed by atoms with Gasteiger partial charge in [-0.2, -0.15) is 0 Å². The summed E-state index contributed by atoms with van der Waals surface area (Å²) in [6.07, 6.45) is 0. The number of hydrogen-bond acceptors (Lipinski definition) is 7. The Morgan fingerprint density at radius 2 is 1.63 bits per heavy atom. The van der Waals surface area contributed by atoms with E-state index < -0.39 is 11.9 Å². The Morgan fingerprint density at radius 1 is 0.967 bits per heavy atom. The second-order valence-electron chi connectivity index (χ2n) is 6.43. The Labute approximate surface area is 174 Å². The number of amides is 1. The van der Waals surface area contributed by atoms with Gasteiger partial charge in [0.2, 0.25) is 0 Å². The van der Waals surface area contributed by atoms with E-state index in [2.05, 4.69) is 5.32 Å². The van der Waals surface area contributed by atoms with Crippen molar-refractivity contribution in [3.05, 3.63) is 77.0 Å². The number of nitrogens with zero attached hydrogens (tertiary/aromatic N) is 1. The highest BCUT2D eigenvalue weighted by Gasteiger charge is 2.32. The number of carbonyl (C=O) groups is 3. The zero-order valence-electron chi connectivity index (χ0n) is 16.7. The minimum absolute atomic E-state index is 0.0461. The van der Waals surface area contributed by atoms with Crippen molar-refractivity contribution in [1.82, 2.24) is 5.32 Å². The lowest BCUT2D eigenvalue weighted by Crippen LogP contribution is -2.38. The van der Waals surface area contributed by atoms with Crippen molar-refractivity contribution in [2.75, 3.05) is 32.5 Å². The number of hydrogen-bond donors (Lipinski definition) is 1. The first-order valence-corrected chi connectivity index (χ1v) is 9.22. The average molecular weight is 410 g/mol. The number of carbonyl (C=O) groups excluding carboxylic acids is 3. The van der Waals surface area contributed by atoms with Crippen LogP contribution in [0.25, 0.3) is 0 Å². The zero-order chi connectivity index (χ0) is 21.5. The van der Waals surface area contributed by atoms with Crippen molar-refractivity contribution < 1.29 is 28.6 Å². The van der Waals surface area contributed by atoms with Gasteiger partial charge in [0.1, 0.15) is 12.4 Å². The predicted molar refractivity (Wildman–Crippen MR) is 108 cm³/mol. The summed E-state index contributed by atoms with van der Waals surface area (Å²) < 4.78 is 15.0. The molecule has 0 spiro atoms. The average Bonchev–Trinajstić information content (AvgIpc) is 2.81. The van der Waals surface area contributed by atoms with Crippen molar-refractivity contribution in [1.29, 1.82) is 0 Å². The lowest BCUT2D eigenvalue weighted by molar-refractivity contribution is -0.140. The Bertz CT molecular complexity index is 953. The maximum atomic E-state index is 12.4. The summed E-state index contributed by atoms with van der Waals surface area (Å²) >= 11 is 0. The van der Waals surface area contributed by atoms with Gasteiger partial charge in [-0.1, -0.05) is 30.3 Å². The molecule has 1 amide bonds. The van der Waals surface area contributed by atoms with Crippen LogP contribution in [0.4, 0.5) is 5.69 Å². The highest BCUT2D eigenvalue weighted by molar-refractivity contribution is 6.03. The van der Waals surface area contributed by atoms with E-state index in [0.29, 0.717) is 17.8 Å². The molecule has 30 heavy (non-hydrogen) atoms. The summed E-state index contributed by atoms with van der Waals surface area (Å²) in [7, 11) is 2.46. The van der Waals surface area contributed by atoms with Crippen LogP contribution in [0.2, 0.25) is 0 Å². The van der Waals surface area contributed by atoms with Gasteiger partial charge in [0.15, 0.2) is 0 Å². The van der Waals surface area contributed by atoms with Crippen LogP contribution in [-0.4, -0.2) is 45.4 Å². The topological polar surface area (TPSA) is 94.2 Å². The lowest BCUT2D eigenvalue weighted by atomic mass is 10.1. The van der Waals surface area contributed by atoms with Crippen LogP contribution in [0, 0.1) is 0 Å². The molecule has 0 aliphatic carbocycles. The molecule has 8 nitrogen and oxygen atoms in total. The molecule has 3 rings (SSSR count). The largest absolute Gasteiger partial charge is 0.466 e. The van der Waals surface area contributed by atoms with Crippen molar-refractivity contribution in [2.45, 2.75) is 6.54 Å². The summed E-state index contributed by atoms with van der Waals surface area (Å²) in [6.45, 7) is 0.400. The third kappa shape index (κ3) is 4.66. The van der Waals surface area contributed by atoms with Crippen molar-refractivity contribution in [3.63, 3.8) is 0 Å². The van der Waals surface area contributed by atoms with Crippen molar-refractivity contribution in [2.24, 2.45) is 0 Å². The van der Waals surface area contributed by atoms with Gasteiger partial charge < -0.3 is 24.4 Å². The Balaban J connectivity index is 1.79. The van der Waals surface area contributed by atoms with Crippen molar-refractivity contribution >= 4 is 23.5 Å². The minimum atomic E-state index is -0.677. The Kier molecular flexibility index (Phi) is 6.82. The third-order valence-electron chi connectivity index (χ3n) is 4.57. The molecule has 0 unspecified atom stereocenters. The Hall–Kier alpha value is -3.65. The maximum absolute atomic E-state index is 12.4.